The number of nitrogens with one attached hydrogen (secondary N) is 1. The molecule has 0 spiro atoms. The van der Waals surface area contributed by atoms with Gasteiger partial charge in [0, 0.05) is 22.3 Å². The van der Waals surface area contributed by atoms with E-state index in [0.717, 1.165) is 5.75 Å². The minimum absolute atomic E-state index is 0.160. The highest BCUT2D eigenvalue weighted by Gasteiger charge is 2.18. The van der Waals surface area contributed by atoms with Crippen LogP contribution in [0.1, 0.15) is 51.7 Å². The first kappa shape index (κ1) is 23.3. The van der Waals surface area contributed by atoms with E-state index in [-0.39, 0.29) is 18.2 Å². The number of benzene rings is 3. The van der Waals surface area contributed by atoms with Gasteiger partial charge >= 0.3 is 0 Å². The van der Waals surface area contributed by atoms with E-state index in [0.29, 0.717) is 27.8 Å². The maximum Gasteiger partial charge on any atom is 0.276 e. The summed E-state index contributed by atoms with van der Waals surface area (Å²) in [7, 11) is 0. The van der Waals surface area contributed by atoms with Crippen molar-refractivity contribution in [1.82, 2.24) is 9.78 Å². The van der Waals surface area contributed by atoms with E-state index >= 15 is 0 Å². The average molecular weight is 474 g/mol. The molecule has 3 aromatic carbocycles. The van der Waals surface area contributed by atoms with Crippen LogP contribution in [0.5, 0.6) is 5.75 Å². The van der Waals surface area contributed by atoms with Gasteiger partial charge in [0.05, 0.1) is 5.69 Å². The number of rotatable bonds is 8. The van der Waals surface area contributed by atoms with Crippen molar-refractivity contribution in [1.29, 1.82) is 0 Å². The zero-order valence-corrected chi connectivity index (χ0v) is 19.6. The largest absolute Gasteiger partial charge is 0.471 e. The Balaban J connectivity index is 1.44. The molecule has 1 aromatic heterocycles. The van der Waals surface area contributed by atoms with Crippen LogP contribution < -0.4 is 10.1 Å². The van der Waals surface area contributed by atoms with Gasteiger partial charge in [-0.15, -0.1) is 0 Å². The molecule has 4 aromatic rings. The van der Waals surface area contributed by atoms with Gasteiger partial charge in [-0.05, 0) is 47.9 Å². The number of ether oxygens (including phenoxy) is 1. The van der Waals surface area contributed by atoms with Gasteiger partial charge in [-0.1, -0.05) is 67.9 Å². The van der Waals surface area contributed by atoms with Gasteiger partial charge in [-0.3, -0.25) is 9.59 Å². The number of ketones is 1. The van der Waals surface area contributed by atoms with Gasteiger partial charge in [0.1, 0.15) is 5.75 Å². The van der Waals surface area contributed by atoms with Crippen molar-refractivity contribution >= 4 is 29.0 Å². The number of carbonyl (C=O) groups excluding carboxylic acids is 2. The molecular formula is C27H24ClN3O3. The maximum atomic E-state index is 13.0. The molecule has 0 radical (unpaired) electrons. The Morgan fingerprint density at radius 3 is 2.44 bits per heavy atom. The number of halogens is 1. The molecule has 0 fully saturated rings. The highest BCUT2D eigenvalue weighted by atomic mass is 35.5. The molecule has 0 atom stereocenters. The Morgan fingerprint density at radius 1 is 1.00 bits per heavy atom. The number of nitrogens with zero attached hydrogens (tertiary/aromatic N) is 2. The fraction of sp³-hybridized carbons (Fsp3) is 0.148. The number of carbonyl (C=O) groups is 2. The van der Waals surface area contributed by atoms with Crippen molar-refractivity contribution in [2.45, 2.75) is 26.5 Å². The Bertz CT molecular complexity index is 1300. The summed E-state index contributed by atoms with van der Waals surface area (Å²) in [4.78, 5) is 25.8. The second-order valence-electron chi connectivity index (χ2n) is 8.08. The van der Waals surface area contributed by atoms with Crippen LogP contribution in [0.4, 0.5) is 5.69 Å². The highest BCUT2D eigenvalue weighted by molar-refractivity contribution is 6.31. The minimum Gasteiger partial charge on any atom is -0.471 e. The van der Waals surface area contributed by atoms with Gasteiger partial charge < -0.3 is 10.1 Å². The molecule has 6 nitrogen and oxygen atoms in total. The number of aromatic nitrogens is 2. The summed E-state index contributed by atoms with van der Waals surface area (Å²) in [6.07, 6.45) is 1.66. The monoisotopic (exact) mass is 473 g/mol. The molecule has 0 bridgehead atoms. The summed E-state index contributed by atoms with van der Waals surface area (Å²) in [6, 6.07) is 23.1. The molecule has 0 saturated carbocycles. The molecule has 1 heterocycles. The van der Waals surface area contributed by atoms with Crippen LogP contribution in [0, 0.1) is 0 Å². The third kappa shape index (κ3) is 5.53. The molecule has 0 saturated heterocycles. The average Bonchev–Trinajstić information content (AvgIpc) is 3.33. The lowest BCUT2D eigenvalue weighted by atomic mass is 10.0. The smallest absolute Gasteiger partial charge is 0.276 e. The Morgan fingerprint density at radius 2 is 1.74 bits per heavy atom. The van der Waals surface area contributed by atoms with Gasteiger partial charge in [0.2, 0.25) is 0 Å². The van der Waals surface area contributed by atoms with Gasteiger partial charge in [-0.2, -0.15) is 5.10 Å². The quantitative estimate of drug-likeness (QED) is 0.310. The third-order valence-electron chi connectivity index (χ3n) is 5.29. The molecule has 0 unspecified atom stereocenters. The van der Waals surface area contributed by atoms with E-state index in [1.807, 2.05) is 30.3 Å². The summed E-state index contributed by atoms with van der Waals surface area (Å²) in [6.45, 7) is 4.43. The molecule has 0 aliphatic heterocycles. The molecular weight excluding hydrogens is 450 g/mol. The summed E-state index contributed by atoms with van der Waals surface area (Å²) >= 11 is 6.12. The number of anilines is 1. The fourth-order valence-electron chi connectivity index (χ4n) is 3.39. The second kappa shape index (κ2) is 10.4. The SMILES string of the molecule is CC(C)c1ccc(OCn2ccc(C(=O)Nc3ccc(Cl)cc3C(=O)c3ccccc3)n2)cc1. The number of amides is 1. The third-order valence-corrected chi connectivity index (χ3v) is 5.53. The van der Waals surface area contributed by atoms with Crippen molar-refractivity contribution in [3.63, 3.8) is 0 Å². The molecule has 0 aliphatic carbocycles. The predicted molar refractivity (Wildman–Crippen MR) is 133 cm³/mol. The minimum atomic E-state index is -0.440. The van der Waals surface area contributed by atoms with E-state index < -0.39 is 5.91 Å². The van der Waals surface area contributed by atoms with Crippen LogP contribution in [-0.2, 0) is 6.73 Å². The first-order valence-electron chi connectivity index (χ1n) is 10.9. The summed E-state index contributed by atoms with van der Waals surface area (Å²) < 4.78 is 7.29. The normalized spacial score (nSPS) is 10.8. The molecule has 0 aliphatic rings. The zero-order chi connectivity index (χ0) is 24.1. The van der Waals surface area contributed by atoms with Crippen LogP contribution >= 0.6 is 11.6 Å². The van der Waals surface area contributed by atoms with E-state index in [2.05, 4.69) is 24.3 Å². The van der Waals surface area contributed by atoms with Crippen LogP contribution in [0.3, 0.4) is 0 Å². The molecule has 172 valence electrons. The van der Waals surface area contributed by atoms with Crippen LogP contribution in [0.25, 0.3) is 0 Å². The predicted octanol–water partition coefficient (Wildman–Crippen LogP) is 6.18. The Labute approximate surface area is 203 Å². The second-order valence-corrected chi connectivity index (χ2v) is 8.51. The molecule has 4 rings (SSSR count). The van der Waals surface area contributed by atoms with Crippen molar-refractivity contribution < 1.29 is 14.3 Å². The standard InChI is InChI=1S/C27H24ClN3O3/c1-18(2)19-8-11-22(12-9-19)34-17-31-15-14-25(30-31)27(33)29-24-13-10-21(28)16-23(24)26(32)20-6-4-3-5-7-20/h3-16,18H,17H2,1-2H3,(H,29,33). The maximum absolute atomic E-state index is 13.0. The van der Waals surface area contributed by atoms with E-state index in [4.69, 9.17) is 16.3 Å². The summed E-state index contributed by atoms with van der Waals surface area (Å²) in [5.74, 6) is 0.492. The van der Waals surface area contributed by atoms with E-state index in [9.17, 15) is 9.59 Å². The van der Waals surface area contributed by atoms with E-state index in [1.165, 1.54) is 10.2 Å². The number of hydrogen-bond acceptors (Lipinski definition) is 4. The summed E-state index contributed by atoms with van der Waals surface area (Å²) in [5.41, 5.74) is 2.60. The lowest BCUT2D eigenvalue weighted by Gasteiger charge is -2.11. The van der Waals surface area contributed by atoms with Crippen molar-refractivity contribution in [3.05, 3.63) is 112 Å². The highest BCUT2D eigenvalue weighted by Crippen LogP contribution is 2.24. The van der Waals surface area contributed by atoms with Crippen LogP contribution in [-0.4, -0.2) is 21.5 Å². The van der Waals surface area contributed by atoms with Crippen molar-refractivity contribution in [3.8, 4) is 5.75 Å². The Kier molecular flexibility index (Phi) is 7.09. The van der Waals surface area contributed by atoms with Gasteiger partial charge in [0.15, 0.2) is 18.2 Å². The Hall–Kier alpha value is -3.90. The van der Waals surface area contributed by atoms with E-state index in [1.54, 1.807) is 54.7 Å². The lowest BCUT2D eigenvalue weighted by molar-refractivity contribution is 0.102. The van der Waals surface area contributed by atoms with Crippen LogP contribution in [0.15, 0.2) is 85.1 Å². The van der Waals surface area contributed by atoms with Crippen molar-refractivity contribution in [2.24, 2.45) is 0 Å². The molecule has 7 heteroatoms. The molecule has 1 amide bonds. The first-order chi connectivity index (χ1) is 16.4. The lowest BCUT2D eigenvalue weighted by Crippen LogP contribution is -2.16. The topological polar surface area (TPSA) is 73.2 Å². The molecule has 34 heavy (non-hydrogen) atoms. The first-order valence-corrected chi connectivity index (χ1v) is 11.3. The van der Waals surface area contributed by atoms with Crippen molar-refractivity contribution in [2.75, 3.05) is 5.32 Å². The molecule has 1 N–H and O–H groups in total. The van der Waals surface area contributed by atoms with Gasteiger partial charge in [-0.25, -0.2) is 4.68 Å². The number of hydrogen-bond donors (Lipinski definition) is 1. The fourth-order valence-corrected chi connectivity index (χ4v) is 3.56. The van der Waals surface area contributed by atoms with Crippen LogP contribution in [0.2, 0.25) is 5.02 Å². The summed E-state index contributed by atoms with van der Waals surface area (Å²) in [5, 5.41) is 7.46. The van der Waals surface area contributed by atoms with Gasteiger partial charge in [0.25, 0.3) is 5.91 Å². The zero-order valence-electron chi connectivity index (χ0n) is 18.9.